The van der Waals surface area contributed by atoms with Crippen molar-refractivity contribution in [2.24, 2.45) is 0 Å². The second-order valence-corrected chi connectivity index (χ2v) is 7.26. The summed E-state index contributed by atoms with van der Waals surface area (Å²) in [7, 11) is 0. The molecular weight excluding hydrogens is 362 g/mol. The van der Waals surface area contributed by atoms with Crippen molar-refractivity contribution in [2.45, 2.75) is 38.4 Å². The van der Waals surface area contributed by atoms with E-state index < -0.39 is 0 Å². The van der Waals surface area contributed by atoms with Crippen LogP contribution >= 0.6 is 11.6 Å². The number of rotatable bonds is 8. The van der Waals surface area contributed by atoms with Crippen LogP contribution in [0.15, 0.2) is 48.5 Å². The predicted octanol–water partition coefficient (Wildman–Crippen LogP) is 3.20. The lowest BCUT2D eigenvalue weighted by molar-refractivity contribution is -0.120. The Bertz CT molecular complexity index is 821. The summed E-state index contributed by atoms with van der Waals surface area (Å²) in [5, 5.41) is 9.69. The minimum atomic E-state index is -0.110. The average Bonchev–Trinajstić information content (AvgIpc) is 3.49. The van der Waals surface area contributed by atoms with Gasteiger partial charge in [0, 0.05) is 29.2 Å². The van der Waals surface area contributed by atoms with Gasteiger partial charge in [0.1, 0.15) is 0 Å². The molecule has 0 saturated heterocycles. The number of carbonyl (C=O) groups is 2. The van der Waals surface area contributed by atoms with Crippen molar-refractivity contribution in [3.8, 4) is 0 Å². The van der Waals surface area contributed by atoms with Gasteiger partial charge < -0.3 is 16.0 Å². The number of hydrogen-bond donors (Lipinski definition) is 3. The second-order valence-electron chi connectivity index (χ2n) is 6.85. The summed E-state index contributed by atoms with van der Waals surface area (Å²) in [6.07, 6.45) is 2.11. The molecule has 1 aliphatic carbocycles. The van der Waals surface area contributed by atoms with Gasteiger partial charge in [0.05, 0.1) is 6.54 Å². The zero-order valence-corrected chi connectivity index (χ0v) is 16.1. The molecule has 0 spiro atoms. The van der Waals surface area contributed by atoms with E-state index in [2.05, 4.69) is 16.0 Å². The van der Waals surface area contributed by atoms with Gasteiger partial charge in [-0.05, 0) is 49.1 Å². The number of halogens is 1. The van der Waals surface area contributed by atoms with Crippen LogP contribution in [0.4, 0.5) is 0 Å². The highest BCUT2D eigenvalue weighted by Crippen LogP contribution is 2.22. The molecule has 0 aromatic heterocycles. The molecule has 2 aromatic rings. The van der Waals surface area contributed by atoms with Crippen molar-refractivity contribution in [1.82, 2.24) is 16.0 Å². The quantitative estimate of drug-likeness (QED) is 0.653. The largest absolute Gasteiger partial charge is 0.351 e. The van der Waals surface area contributed by atoms with E-state index in [0.29, 0.717) is 23.2 Å². The molecule has 1 aliphatic rings. The summed E-state index contributed by atoms with van der Waals surface area (Å²) < 4.78 is 0. The lowest BCUT2D eigenvalue weighted by Gasteiger charge is -2.15. The van der Waals surface area contributed by atoms with Gasteiger partial charge in [0.25, 0.3) is 5.91 Å². The van der Waals surface area contributed by atoms with E-state index in [0.717, 1.165) is 24.0 Å². The molecule has 1 saturated carbocycles. The van der Waals surface area contributed by atoms with Crippen molar-refractivity contribution < 1.29 is 9.59 Å². The van der Waals surface area contributed by atoms with E-state index in [1.165, 1.54) is 0 Å². The fraction of sp³-hybridized carbons (Fsp3) is 0.333. The second kappa shape index (κ2) is 9.02. The first-order chi connectivity index (χ1) is 13.0. The lowest BCUT2D eigenvalue weighted by Crippen LogP contribution is -2.34. The van der Waals surface area contributed by atoms with Crippen molar-refractivity contribution >= 4 is 23.4 Å². The molecule has 0 aliphatic heterocycles. The molecule has 1 unspecified atom stereocenters. The standard InChI is InChI=1S/C21H24ClN3O2/c1-14(18-7-2-3-8-19(18)22)23-13-20(26)24-12-15-5-4-6-16(11-15)21(27)25-17-9-10-17/h2-8,11,14,17,23H,9-10,12-13H2,1H3,(H,24,26)(H,25,27). The van der Waals surface area contributed by atoms with Crippen LogP contribution in [0, 0.1) is 0 Å². The first-order valence-electron chi connectivity index (χ1n) is 9.17. The third kappa shape index (κ3) is 5.81. The Morgan fingerprint density at radius 2 is 1.93 bits per heavy atom. The van der Waals surface area contributed by atoms with Gasteiger partial charge in [-0.2, -0.15) is 0 Å². The fourth-order valence-corrected chi connectivity index (χ4v) is 3.06. The first-order valence-corrected chi connectivity index (χ1v) is 9.55. The van der Waals surface area contributed by atoms with Crippen molar-refractivity contribution in [1.29, 1.82) is 0 Å². The summed E-state index contributed by atoms with van der Waals surface area (Å²) in [4.78, 5) is 24.2. The maximum Gasteiger partial charge on any atom is 0.251 e. The van der Waals surface area contributed by atoms with Gasteiger partial charge in [-0.3, -0.25) is 9.59 Å². The Morgan fingerprint density at radius 3 is 2.67 bits per heavy atom. The van der Waals surface area contributed by atoms with Crippen molar-refractivity contribution in [3.05, 3.63) is 70.2 Å². The van der Waals surface area contributed by atoms with E-state index in [4.69, 9.17) is 11.6 Å². The summed E-state index contributed by atoms with van der Waals surface area (Å²) in [6, 6.07) is 15.2. The lowest BCUT2D eigenvalue weighted by atomic mass is 10.1. The summed E-state index contributed by atoms with van der Waals surface area (Å²) >= 11 is 6.18. The smallest absolute Gasteiger partial charge is 0.251 e. The van der Waals surface area contributed by atoms with Crippen LogP contribution in [0.5, 0.6) is 0 Å². The van der Waals surface area contributed by atoms with Crippen LogP contribution in [-0.2, 0) is 11.3 Å². The van der Waals surface area contributed by atoms with E-state index in [9.17, 15) is 9.59 Å². The minimum Gasteiger partial charge on any atom is -0.351 e. The number of amides is 2. The highest BCUT2D eigenvalue weighted by molar-refractivity contribution is 6.31. The molecule has 27 heavy (non-hydrogen) atoms. The van der Waals surface area contributed by atoms with E-state index >= 15 is 0 Å². The van der Waals surface area contributed by atoms with Crippen LogP contribution in [0.3, 0.4) is 0 Å². The average molecular weight is 386 g/mol. The topological polar surface area (TPSA) is 70.2 Å². The number of benzene rings is 2. The Morgan fingerprint density at radius 1 is 1.15 bits per heavy atom. The summed E-state index contributed by atoms with van der Waals surface area (Å²) in [6.45, 7) is 2.54. The molecule has 5 nitrogen and oxygen atoms in total. The van der Waals surface area contributed by atoms with Gasteiger partial charge >= 0.3 is 0 Å². The van der Waals surface area contributed by atoms with E-state index in [1.54, 1.807) is 6.07 Å². The fourth-order valence-electron chi connectivity index (χ4n) is 2.76. The first kappa shape index (κ1) is 19.4. The van der Waals surface area contributed by atoms with Crippen molar-refractivity contribution in [2.75, 3.05) is 6.54 Å². The van der Waals surface area contributed by atoms with Crippen LogP contribution in [-0.4, -0.2) is 24.4 Å². The Labute approximate surface area is 164 Å². The zero-order valence-electron chi connectivity index (χ0n) is 15.3. The SMILES string of the molecule is CC(NCC(=O)NCc1cccc(C(=O)NC2CC2)c1)c1ccccc1Cl. The predicted molar refractivity (Wildman–Crippen MR) is 107 cm³/mol. The van der Waals surface area contributed by atoms with E-state index in [-0.39, 0.29) is 24.4 Å². The van der Waals surface area contributed by atoms with Gasteiger partial charge in [-0.1, -0.05) is 41.9 Å². The molecule has 1 atom stereocenters. The Balaban J connectivity index is 1.46. The van der Waals surface area contributed by atoms with Gasteiger partial charge in [0.2, 0.25) is 5.91 Å². The molecule has 3 N–H and O–H groups in total. The monoisotopic (exact) mass is 385 g/mol. The van der Waals surface area contributed by atoms with Crippen LogP contribution in [0.1, 0.15) is 47.3 Å². The number of nitrogens with one attached hydrogen (secondary N) is 3. The molecular formula is C21H24ClN3O2. The molecule has 2 aromatic carbocycles. The molecule has 142 valence electrons. The van der Waals surface area contributed by atoms with E-state index in [1.807, 2.05) is 49.4 Å². The van der Waals surface area contributed by atoms with Crippen molar-refractivity contribution in [3.63, 3.8) is 0 Å². The Hall–Kier alpha value is -2.37. The third-order valence-corrected chi connectivity index (χ3v) is 4.88. The van der Waals surface area contributed by atoms with Crippen LogP contribution < -0.4 is 16.0 Å². The maximum absolute atomic E-state index is 12.1. The molecule has 3 rings (SSSR count). The molecule has 6 heteroatoms. The number of hydrogen-bond acceptors (Lipinski definition) is 3. The summed E-state index contributed by atoms with van der Waals surface area (Å²) in [5.41, 5.74) is 2.48. The highest BCUT2D eigenvalue weighted by Gasteiger charge is 2.23. The zero-order chi connectivity index (χ0) is 19.2. The molecule has 0 radical (unpaired) electrons. The molecule has 2 amide bonds. The molecule has 0 heterocycles. The maximum atomic E-state index is 12.1. The normalized spacial score (nSPS) is 14.4. The van der Waals surface area contributed by atoms with Crippen LogP contribution in [0.25, 0.3) is 0 Å². The minimum absolute atomic E-state index is 0.0288. The van der Waals surface area contributed by atoms with Gasteiger partial charge in [0.15, 0.2) is 0 Å². The Kier molecular flexibility index (Phi) is 6.48. The molecule has 1 fully saturated rings. The van der Waals surface area contributed by atoms with Gasteiger partial charge in [-0.25, -0.2) is 0 Å². The molecule has 0 bridgehead atoms. The van der Waals surface area contributed by atoms with Crippen LogP contribution in [0.2, 0.25) is 5.02 Å². The number of carbonyl (C=O) groups excluding carboxylic acids is 2. The third-order valence-electron chi connectivity index (χ3n) is 4.53. The van der Waals surface area contributed by atoms with Gasteiger partial charge in [-0.15, -0.1) is 0 Å². The highest BCUT2D eigenvalue weighted by atomic mass is 35.5. The summed E-state index contributed by atoms with van der Waals surface area (Å²) in [5.74, 6) is -0.164.